The summed E-state index contributed by atoms with van der Waals surface area (Å²) in [4.78, 5) is 15.8. The Labute approximate surface area is 279 Å². The molecular formula is C39H39ClF3N3O. The lowest BCUT2D eigenvalue weighted by molar-refractivity contribution is -0.123. The number of nitrogens with zero attached hydrogens (tertiary/aromatic N) is 1. The Morgan fingerprint density at radius 3 is 2.11 bits per heavy atom. The zero-order chi connectivity index (χ0) is 33.0. The third kappa shape index (κ3) is 7.12. The molecule has 244 valence electrons. The molecule has 1 aliphatic carbocycles. The predicted molar refractivity (Wildman–Crippen MR) is 184 cm³/mol. The van der Waals surface area contributed by atoms with Gasteiger partial charge in [-0.2, -0.15) is 13.2 Å². The van der Waals surface area contributed by atoms with Crippen LogP contribution in [0.5, 0.6) is 0 Å². The first-order valence-corrected chi connectivity index (χ1v) is 16.6. The van der Waals surface area contributed by atoms with Crippen LogP contribution in [0.3, 0.4) is 0 Å². The summed E-state index contributed by atoms with van der Waals surface area (Å²) in [5.74, 6) is -0.119. The molecule has 47 heavy (non-hydrogen) atoms. The third-order valence-electron chi connectivity index (χ3n) is 9.59. The minimum absolute atomic E-state index is 0.0687. The fourth-order valence-corrected chi connectivity index (χ4v) is 7.46. The summed E-state index contributed by atoms with van der Waals surface area (Å²) in [6.45, 7) is 5.69. The van der Waals surface area contributed by atoms with Crippen molar-refractivity contribution in [2.24, 2.45) is 0 Å². The van der Waals surface area contributed by atoms with Crippen molar-refractivity contribution in [3.8, 4) is 22.3 Å². The van der Waals surface area contributed by atoms with Crippen LogP contribution in [0.2, 0.25) is 5.02 Å². The number of amides is 1. The Hall–Kier alpha value is -4.07. The van der Waals surface area contributed by atoms with Crippen molar-refractivity contribution in [3.05, 3.63) is 131 Å². The maximum Gasteiger partial charge on any atom is 0.405 e. The number of alkyl halides is 3. The third-order valence-corrected chi connectivity index (χ3v) is 9.83. The van der Waals surface area contributed by atoms with E-state index < -0.39 is 18.1 Å². The van der Waals surface area contributed by atoms with Crippen LogP contribution in [0.25, 0.3) is 22.3 Å². The molecule has 1 amide bonds. The maximum absolute atomic E-state index is 13.4. The van der Waals surface area contributed by atoms with E-state index in [2.05, 4.69) is 22.1 Å². The number of unbranched alkanes of at least 4 members (excludes halogenated alkanes) is 1. The molecule has 2 aliphatic rings. The number of carbonyl (C=O) groups is 1. The first-order chi connectivity index (χ1) is 22.7. The Kier molecular flexibility index (Phi) is 9.76. The van der Waals surface area contributed by atoms with Crippen LogP contribution in [-0.4, -0.2) is 49.2 Å². The molecule has 2 N–H and O–H groups in total. The van der Waals surface area contributed by atoms with Crippen LogP contribution in [0, 0.1) is 0 Å². The first-order valence-electron chi connectivity index (χ1n) is 16.2. The van der Waals surface area contributed by atoms with Crippen LogP contribution in [-0.2, 0) is 5.41 Å². The Morgan fingerprint density at radius 2 is 1.47 bits per heavy atom. The van der Waals surface area contributed by atoms with Crippen molar-refractivity contribution in [1.82, 2.24) is 15.5 Å². The van der Waals surface area contributed by atoms with Gasteiger partial charge in [0.25, 0.3) is 5.91 Å². The van der Waals surface area contributed by atoms with Gasteiger partial charge in [-0.05, 0) is 77.7 Å². The highest BCUT2D eigenvalue weighted by atomic mass is 35.5. The SMILES string of the molecule is C=C(NCC(F)(F)F)C1(CCCCN2CCC(NC(=O)c3cc(Cl)ccc3-c3ccccc3)CC2)c2ccccc2-c2ccccc21. The number of nitrogens with one attached hydrogen (secondary N) is 2. The zero-order valence-electron chi connectivity index (χ0n) is 26.3. The van der Waals surface area contributed by atoms with Gasteiger partial charge in [0.2, 0.25) is 0 Å². The van der Waals surface area contributed by atoms with Gasteiger partial charge in [0.1, 0.15) is 6.54 Å². The second-order valence-corrected chi connectivity index (χ2v) is 13.0. The monoisotopic (exact) mass is 657 g/mol. The van der Waals surface area contributed by atoms with E-state index in [9.17, 15) is 18.0 Å². The first kappa shape index (κ1) is 32.9. The molecular weight excluding hydrogens is 619 g/mol. The highest BCUT2D eigenvalue weighted by molar-refractivity contribution is 6.31. The summed E-state index contributed by atoms with van der Waals surface area (Å²) < 4.78 is 39.8. The summed E-state index contributed by atoms with van der Waals surface area (Å²) in [6.07, 6.45) is -0.278. The van der Waals surface area contributed by atoms with Gasteiger partial charge in [-0.15, -0.1) is 0 Å². The van der Waals surface area contributed by atoms with Crippen molar-refractivity contribution in [1.29, 1.82) is 0 Å². The van der Waals surface area contributed by atoms with E-state index in [1.807, 2.05) is 84.9 Å². The van der Waals surface area contributed by atoms with Crippen molar-refractivity contribution >= 4 is 17.5 Å². The van der Waals surface area contributed by atoms with Gasteiger partial charge in [0.05, 0.1) is 5.41 Å². The quantitative estimate of drug-likeness (QED) is 0.158. The molecule has 0 unspecified atom stereocenters. The number of rotatable bonds is 11. The number of fused-ring (bicyclic) bond motifs is 3. The van der Waals surface area contributed by atoms with E-state index in [0.717, 1.165) is 78.7 Å². The van der Waals surface area contributed by atoms with Crippen LogP contribution in [0.15, 0.2) is 109 Å². The minimum atomic E-state index is -4.34. The second kappa shape index (κ2) is 14.0. The molecule has 1 fully saturated rings. The minimum Gasteiger partial charge on any atom is -0.379 e. The summed E-state index contributed by atoms with van der Waals surface area (Å²) in [5, 5.41) is 6.41. The molecule has 0 spiro atoms. The summed E-state index contributed by atoms with van der Waals surface area (Å²) in [5.41, 5.74) is 6.16. The Morgan fingerprint density at radius 1 is 0.851 bits per heavy atom. The summed E-state index contributed by atoms with van der Waals surface area (Å²) >= 11 is 6.28. The molecule has 4 nitrogen and oxygen atoms in total. The van der Waals surface area contributed by atoms with Crippen molar-refractivity contribution in [3.63, 3.8) is 0 Å². The van der Waals surface area contributed by atoms with E-state index >= 15 is 0 Å². The molecule has 0 radical (unpaired) electrons. The lowest BCUT2D eigenvalue weighted by Gasteiger charge is -2.36. The number of allylic oxidation sites excluding steroid dienone is 1. The molecule has 1 heterocycles. The predicted octanol–water partition coefficient (Wildman–Crippen LogP) is 9.00. The molecule has 1 aliphatic heterocycles. The van der Waals surface area contributed by atoms with Crippen molar-refractivity contribution in [2.75, 3.05) is 26.2 Å². The van der Waals surface area contributed by atoms with E-state index in [4.69, 9.17) is 11.6 Å². The average molecular weight is 658 g/mol. The van der Waals surface area contributed by atoms with E-state index in [-0.39, 0.29) is 11.9 Å². The molecule has 4 aromatic rings. The molecule has 6 rings (SSSR count). The number of benzene rings is 4. The summed E-state index contributed by atoms with van der Waals surface area (Å²) in [7, 11) is 0. The fraction of sp³-hybridized carbons (Fsp3) is 0.308. The lowest BCUT2D eigenvalue weighted by Crippen LogP contribution is -2.45. The van der Waals surface area contributed by atoms with Gasteiger partial charge in [-0.25, -0.2) is 0 Å². The van der Waals surface area contributed by atoms with Crippen LogP contribution in [0.4, 0.5) is 13.2 Å². The Bertz CT molecular complexity index is 1690. The second-order valence-electron chi connectivity index (χ2n) is 12.5. The smallest absolute Gasteiger partial charge is 0.379 e. The number of hydrogen-bond donors (Lipinski definition) is 2. The number of likely N-dealkylation sites (tertiary alicyclic amines) is 1. The van der Waals surface area contributed by atoms with Crippen molar-refractivity contribution in [2.45, 2.75) is 49.7 Å². The van der Waals surface area contributed by atoms with Crippen LogP contribution in [0.1, 0.15) is 53.6 Å². The van der Waals surface area contributed by atoms with Gasteiger partial charge in [-0.1, -0.05) is 110 Å². The molecule has 0 bridgehead atoms. The van der Waals surface area contributed by atoms with E-state index in [1.165, 1.54) is 0 Å². The Balaban J connectivity index is 1.07. The van der Waals surface area contributed by atoms with Crippen LogP contribution >= 0.6 is 11.6 Å². The molecule has 0 aromatic heterocycles. The zero-order valence-corrected chi connectivity index (χ0v) is 27.0. The highest BCUT2D eigenvalue weighted by Gasteiger charge is 2.45. The topological polar surface area (TPSA) is 44.4 Å². The molecule has 1 saturated heterocycles. The highest BCUT2D eigenvalue weighted by Crippen LogP contribution is 2.54. The normalized spacial score (nSPS) is 15.9. The number of piperidine rings is 1. The van der Waals surface area contributed by atoms with Crippen molar-refractivity contribution < 1.29 is 18.0 Å². The maximum atomic E-state index is 13.4. The number of hydrogen-bond acceptors (Lipinski definition) is 3. The fourth-order valence-electron chi connectivity index (χ4n) is 7.29. The lowest BCUT2D eigenvalue weighted by atomic mass is 9.72. The van der Waals surface area contributed by atoms with Crippen LogP contribution < -0.4 is 10.6 Å². The van der Waals surface area contributed by atoms with E-state index in [1.54, 1.807) is 12.1 Å². The molecule has 0 atom stereocenters. The number of carbonyl (C=O) groups excluding carboxylic acids is 1. The van der Waals surface area contributed by atoms with Gasteiger partial charge in [0.15, 0.2) is 0 Å². The van der Waals surface area contributed by atoms with E-state index in [0.29, 0.717) is 22.7 Å². The largest absolute Gasteiger partial charge is 0.405 e. The molecule has 0 saturated carbocycles. The van der Waals surface area contributed by atoms with Gasteiger partial charge in [-0.3, -0.25) is 4.79 Å². The van der Waals surface area contributed by atoms with Gasteiger partial charge < -0.3 is 15.5 Å². The average Bonchev–Trinajstić information content (AvgIpc) is 3.37. The molecule has 4 aromatic carbocycles. The van der Waals surface area contributed by atoms with Gasteiger partial charge >= 0.3 is 6.18 Å². The number of halogens is 4. The van der Waals surface area contributed by atoms with Gasteiger partial charge in [0, 0.05) is 35.4 Å². The standard InChI is InChI=1S/C39H39ClF3N3O/c1-27(44-26-39(41,42)43)38(35-15-7-5-13-32(35)33-14-6-8-16-36(33)38)21-9-10-22-46-23-19-30(20-24-46)45-37(47)34-25-29(40)17-18-31(34)28-11-3-2-4-12-28/h2-8,11-18,25,30,44H,1,9-10,19-24,26H2,(H,45,47). The summed E-state index contributed by atoms with van der Waals surface area (Å²) in [6, 6.07) is 31.3. The molecule has 8 heteroatoms.